The average molecular weight is 241 g/mol. The lowest BCUT2D eigenvalue weighted by molar-refractivity contribution is 0.493. The number of rotatable bonds is 1. The van der Waals surface area contributed by atoms with Crippen LogP contribution in [-0.4, -0.2) is 4.98 Å². The van der Waals surface area contributed by atoms with Gasteiger partial charge in [0.2, 0.25) is 5.89 Å². The Morgan fingerprint density at radius 1 is 1.54 bits per heavy atom. The minimum atomic E-state index is -0.161. The Labute approximate surface area is 84.1 Å². The van der Waals surface area contributed by atoms with E-state index in [1.54, 1.807) is 0 Å². The lowest BCUT2D eigenvalue weighted by Crippen LogP contribution is -2.04. The van der Waals surface area contributed by atoms with Crippen molar-refractivity contribution in [3.05, 3.63) is 28.6 Å². The predicted octanol–water partition coefficient (Wildman–Crippen LogP) is 2.61. The van der Waals surface area contributed by atoms with Crippen molar-refractivity contribution in [2.45, 2.75) is 13.0 Å². The minimum absolute atomic E-state index is 0.161. The summed E-state index contributed by atoms with van der Waals surface area (Å²) in [6, 6.07) is 5.53. The van der Waals surface area contributed by atoms with Gasteiger partial charge in [-0.15, -0.1) is 0 Å². The molecule has 0 aliphatic carbocycles. The Kier molecular flexibility index (Phi) is 2.09. The maximum absolute atomic E-state index is 5.65. The van der Waals surface area contributed by atoms with Crippen LogP contribution in [0.25, 0.3) is 11.1 Å². The van der Waals surface area contributed by atoms with Gasteiger partial charge in [0.15, 0.2) is 5.58 Å². The second-order valence-electron chi connectivity index (χ2n) is 2.95. The summed E-state index contributed by atoms with van der Waals surface area (Å²) >= 11 is 3.37. The van der Waals surface area contributed by atoms with Crippen LogP contribution < -0.4 is 5.73 Å². The van der Waals surface area contributed by atoms with Crippen LogP contribution in [-0.2, 0) is 0 Å². The molecule has 1 aromatic carbocycles. The van der Waals surface area contributed by atoms with Crippen molar-refractivity contribution in [1.82, 2.24) is 4.98 Å². The van der Waals surface area contributed by atoms with Crippen LogP contribution >= 0.6 is 15.9 Å². The fourth-order valence-electron chi connectivity index (χ4n) is 1.11. The minimum Gasteiger partial charge on any atom is -0.439 e. The molecule has 1 atom stereocenters. The lowest BCUT2D eigenvalue weighted by Gasteiger charge is -1.94. The van der Waals surface area contributed by atoms with Crippen molar-refractivity contribution < 1.29 is 4.42 Å². The van der Waals surface area contributed by atoms with Gasteiger partial charge in [-0.25, -0.2) is 4.98 Å². The summed E-state index contributed by atoms with van der Waals surface area (Å²) in [6.07, 6.45) is 0. The SMILES string of the molecule is CC(N)c1nc2cc(Br)ccc2o1. The molecule has 13 heavy (non-hydrogen) atoms. The van der Waals surface area contributed by atoms with E-state index in [9.17, 15) is 0 Å². The summed E-state index contributed by atoms with van der Waals surface area (Å²) in [5.74, 6) is 0.577. The highest BCUT2D eigenvalue weighted by atomic mass is 79.9. The van der Waals surface area contributed by atoms with Gasteiger partial charge < -0.3 is 10.2 Å². The van der Waals surface area contributed by atoms with Crippen molar-refractivity contribution in [1.29, 1.82) is 0 Å². The number of nitrogens with two attached hydrogens (primary N) is 1. The Balaban J connectivity index is 2.62. The number of nitrogens with zero attached hydrogens (tertiary/aromatic N) is 1. The predicted molar refractivity (Wildman–Crippen MR) is 54.3 cm³/mol. The van der Waals surface area contributed by atoms with Crippen LogP contribution in [0.3, 0.4) is 0 Å². The van der Waals surface area contributed by atoms with E-state index in [0.29, 0.717) is 5.89 Å². The van der Waals surface area contributed by atoms with E-state index in [4.69, 9.17) is 10.2 Å². The first kappa shape index (κ1) is 8.72. The molecular weight excluding hydrogens is 232 g/mol. The van der Waals surface area contributed by atoms with Crippen molar-refractivity contribution in [2.75, 3.05) is 0 Å². The zero-order valence-electron chi connectivity index (χ0n) is 7.12. The van der Waals surface area contributed by atoms with E-state index < -0.39 is 0 Å². The third-order valence-electron chi connectivity index (χ3n) is 1.76. The maximum atomic E-state index is 5.65. The van der Waals surface area contributed by atoms with Crippen molar-refractivity contribution in [2.24, 2.45) is 5.73 Å². The van der Waals surface area contributed by atoms with Crippen molar-refractivity contribution in [3.8, 4) is 0 Å². The number of benzene rings is 1. The summed E-state index contributed by atoms with van der Waals surface area (Å²) in [5.41, 5.74) is 7.26. The fourth-order valence-corrected chi connectivity index (χ4v) is 1.46. The van der Waals surface area contributed by atoms with E-state index in [2.05, 4.69) is 20.9 Å². The van der Waals surface area contributed by atoms with Gasteiger partial charge in [-0.1, -0.05) is 15.9 Å². The average Bonchev–Trinajstić information content (AvgIpc) is 2.46. The van der Waals surface area contributed by atoms with E-state index in [1.165, 1.54) is 0 Å². The molecule has 3 nitrogen and oxygen atoms in total. The first-order chi connectivity index (χ1) is 6.16. The summed E-state index contributed by atoms with van der Waals surface area (Å²) in [6.45, 7) is 1.85. The third-order valence-corrected chi connectivity index (χ3v) is 2.25. The number of aromatic nitrogens is 1. The molecule has 0 fully saturated rings. The van der Waals surface area contributed by atoms with Crippen LogP contribution in [0.1, 0.15) is 18.9 Å². The molecule has 1 aromatic heterocycles. The molecule has 0 saturated heterocycles. The van der Waals surface area contributed by atoms with E-state index in [1.807, 2.05) is 25.1 Å². The normalized spacial score (nSPS) is 13.5. The molecule has 0 radical (unpaired) electrons. The number of halogens is 1. The Morgan fingerprint density at radius 3 is 3.00 bits per heavy atom. The van der Waals surface area contributed by atoms with Crippen molar-refractivity contribution >= 4 is 27.0 Å². The molecule has 0 saturated carbocycles. The highest BCUT2D eigenvalue weighted by Gasteiger charge is 2.08. The van der Waals surface area contributed by atoms with E-state index >= 15 is 0 Å². The quantitative estimate of drug-likeness (QED) is 0.834. The van der Waals surface area contributed by atoms with Crippen LogP contribution in [0.15, 0.2) is 27.1 Å². The van der Waals surface area contributed by atoms with E-state index in [0.717, 1.165) is 15.6 Å². The number of hydrogen-bond donors (Lipinski definition) is 1. The highest BCUT2D eigenvalue weighted by Crippen LogP contribution is 2.22. The first-order valence-electron chi connectivity index (χ1n) is 3.98. The molecule has 0 aliphatic heterocycles. The fraction of sp³-hybridized carbons (Fsp3) is 0.222. The van der Waals surface area contributed by atoms with Crippen molar-refractivity contribution in [3.63, 3.8) is 0 Å². The Hall–Kier alpha value is -0.870. The van der Waals surface area contributed by atoms with Crippen LogP contribution in [0, 0.1) is 0 Å². The molecule has 2 rings (SSSR count). The van der Waals surface area contributed by atoms with Crippen LogP contribution in [0.5, 0.6) is 0 Å². The summed E-state index contributed by atoms with van der Waals surface area (Å²) in [5, 5.41) is 0. The van der Waals surface area contributed by atoms with Gasteiger partial charge >= 0.3 is 0 Å². The molecule has 1 heterocycles. The molecule has 4 heteroatoms. The summed E-state index contributed by atoms with van der Waals surface area (Å²) in [4.78, 5) is 4.25. The zero-order chi connectivity index (χ0) is 9.42. The Morgan fingerprint density at radius 2 is 2.31 bits per heavy atom. The van der Waals surface area contributed by atoms with E-state index in [-0.39, 0.29) is 6.04 Å². The first-order valence-corrected chi connectivity index (χ1v) is 4.77. The molecule has 0 bridgehead atoms. The molecule has 2 aromatic rings. The summed E-state index contributed by atoms with van der Waals surface area (Å²) in [7, 11) is 0. The monoisotopic (exact) mass is 240 g/mol. The molecule has 0 aliphatic rings. The van der Waals surface area contributed by atoms with Gasteiger partial charge in [0.05, 0.1) is 6.04 Å². The standard InChI is InChI=1S/C9H9BrN2O/c1-5(11)9-12-7-4-6(10)2-3-8(7)13-9/h2-5H,11H2,1H3. The van der Waals surface area contributed by atoms with Gasteiger partial charge in [0.25, 0.3) is 0 Å². The molecule has 0 amide bonds. The van der Waals surface area contributed by atoms with Crippen LogP contribution in [0.2, 0.25) is 0 Å². The number of oxazole rings is 1. The largest absolute Gasteiger partial charge is 0.439 e. The van der Waals surface area contributed by atoms with Gasteiger partial charge in [-0.05, 0) is 25.1 Å². The highest BCUT2D eigenvalue weighted by molar-refractivity contribution is 9.10. The molecule has 2 N–H and O–H groups in total. The van der Waals surface area contributed by atoms with Gasteiger partial charge in [0.1, 0.15) is 5.52 Å². The molecule has 1 unspecified atom stereocenters. The topological polar surface area (TPSA) is 52.0 Å². The van der Waals surface area contributed by atoms with Gasteiger partial charge in [0, 0.05) is 4.47 Å². The Bertz CT molecular complexity index is 436. The molecule has 0 spiro atoms. The maximum Gasteiger partial charge on any atom is 0.212 e. The molecular formula is C9H9BrN2O. The zero-order valence-corrected chi connectivity index (χ0v) is 8.71. The second kappa shape index (κ2) is 3.12. The van der Waals surface area contributed by atoms with Gasteiger partial charge in [-0.2, -0.15) is 0 Å². The number of hydrogen-bond acceptors (Lipinski definition) is 3. The second-order valence-corrected chi connectivity index (χ2v) is 3.87. The molecule has 68 valence electrons. The third kappa shape index (κ3) is 1.59. The van der Waals surface area contributed by atoms with Crippen LogP contribution in [0.4, 0.5) is 0 Å². The number of fused-ring (bicyclic) bond motifs is 1. The summed E-state index contributed by atoms with van der Waals surface area (Å²) < 4.78 is 6.42. The lowest BCUT2D eigenvalue weighted by atomic mass is 10.3. The van der Waals surface area contributed by atoms with Gasteiger partial charge in [-0.3, -0.25) is 0 Å². The smallest absolute Gasteiger partial charge is 0.212 e.